The summed E-state index contributed by atoms with van der Waals surface area (Å²) in [6.45, 7) is 0.734. The monoisotopic (exact) mass is 319 g/mol. The van der Waals surface area contributed by atoms with Gasteiger partial charge in [0.15, 0.2) is 5.96 Å². The van der Waals surface area contributed by atoms with Crippen LogP contribution in [0.3, 0.4) is 0 Å². The van der Waals surface area contributed by atoms with Gasteiger partial charge in [-0.05, 0) is 35.6 Å². The Hall–Kier alpha value is -1.52. The first-order valence-electron chi connectivity index (χ1n) is 7.06. The van der Waals surface area contributed by atoms with E-state index in [1.807, 2.05) is 12.1 Å². The topological polar surface area (TPSA) is 50.4 Å². The minimum Gasteiger partial charge on any atom is -0.370 e. The predicted octanol–water partition coefficient (Wildman–Crippen LogP) is 3.40. The lowest BCUT2D eigenvalue weighted by atomic mass is 10.1. The Labute approximate surface area is 133 Å². The molecule has 1 aromatic heterocycles. The molecule has 3 N–H and O–H groups in total. The molecule has 1 aromatic carbocycles. The van der Waals surface area contributed by atoms with Crippen LogP contribution in [0.15, 0.2) is 46.8 Å². The SMILES string of the molecule is NC(=NCCc1cccs1)N[C@@H]1C[C@H]1c1ccc(Cl)cc1. The molecule has 2 atom stereocenters. The Balaban J connectivity index is 1.45. The maximum Gasteiger partial charge on any atom is 0.188 e. The molecule has 0 bridgehead atoms. The third-order valence-corrected chi connectivity index (χ3v) is 4.83. The first-order chi connectivity index (χ1) is 10.2. The van der Waals surface area contributed by atoms with E-state index in [0.717, 1.165) is 24.4 Å². The zero-order valence-corrected chi connectivity index (χ0v) is 13.2. The zero-order chi connectivity index (χ0) is 14.7. The number of hydrogen-bond donors (Lipinski definition) is 2. The van der Waals surface area contributed by atoms with Crippen LogP contribution in [-0.2, 0) is 6.42 Å². The Bertz CT molecular complexity index is 607. The first-order valence-corrected chi connectivity index (χ1v) is 8.32. The number of nitrogens with zero attached hydrogens (tertiary/aromatic N) is 1. The molecular formula is C16H18ClN3S. The fraction of sp³-hybridized carbons (Fsp3) is 0.312. The predicted molar refractivity (Wildman–Crippen MR) is 90.2 cm³/mol. The Morgan fingerprint density at radius 3 is 2.86 bits per heavy atom. The fourth-order valence-electron chi connectivity index (χ4n) is 2.41. The molecule has 0 amide bonds. The molecule has 0 unspecified atom stereocenters. The van der Waals surface area contributed by atoms with Gasteiger partial charge in [0.2, 0.25) is 0 Å². The van der Waals surface area contributed by atoms with Gasteiger partial charge >= 0.3 is 0 Å². The molecule has 3 rings (SSSR count). The molecule has 3 nitrogen and oxygen atoms in total. The summed E-state index contributed by atoms with van der Waals surface area (Å²) in [5.41, 5.74) is 7.25. The molecule has 21 heavy (non-hydrogen) atoms. The van der Waals surface area contributed by atoms with Crippen LogP contribution in [0, 0.1) is 0 Å². The lowest BCUT2D eigenvalue weighted by Crippen LogP contribution is -2.34. The van der Waals surface area contributed by atoms with Crippen LogP contribution in [0.1, 0.15) is 22.8 Å². The maximum atomic E-state index is 5.94. The van der Waals surface area contributed by atoms with E-state index in [9.17, 15) is 0 Å². The van der Waals surface area contributed by atoms with Crippen molar-refractivity contribution in [3.05, 3.63) is 57.2 Å². The summed E-state index contributed by atoms with van der Waals surface area (Å²) in [6, 6.07) is 12.6. The molecule has 1 aliphatic rings. The van der Waals surface area contributed by atoms with Crippen molar-refractivity contribution in [1.82, 2.24) is 5.32 Å². The number of rotatable bonds is 5. The normalized spacial score (nSPS) is 21.3. The van der Waals surface area contributed by atoms with Gasteiger partial charge in [0.25, 0.3) is 0 Å². The van der Waals surface area contributed by atoms with Gasteiger partial charge in [0.1, 0.15) is 0 Å². The largest absolute Gasteiger partial charge is 0.370 e. The van der Waals surface area contributed by atoms with Gasteiger partial charge in [0.05, 0.1) is 0 Å². The minimum absolute atomic E-state index is 0.400. The van der Waals surface area contributed by atoms with Gasteiger partial charge in [-0.2, -0.15) is 0 Å². The summed E-state index contributed by atoms with van der Waals surface area (Å²) in [5.74, 6) is 1.07. The molecule has 2 aromatic rings. The summed E-state index contributed by atoms with van der Waals surface area (Å²) < 4.78 is 0. The molecule has 0 saturated heterocycles. The quantitative estimate of drug-likeness (QED) is 0.655. The number of halogens is 1. The van der Waals surface area contributed by atoms with Crippen molar-refractivity contribution in [1.29, 1.82) is 0 Å². The van der Waals surface area contributed by atoms with E-state index in [1.54, 1.807) is 11.3 Å². The molecule has 1 aliphatic carbocycles. The van der Waals surface area contributed by atoms with E-state index < -0.39 is 0 Å². The van der Waals surface area contributed by atoms with Gasteiger partial charge in [0, 0.05) is 34.8 Å². The highest BCUT2D eigenvalue weighted by molar-refractivity contribution is 7.09. The molecule has 1 saturated carbocycles. The van der Waals surface area contributed by atoms with Gasteiger partial charge in [-0.3, -0.25) is 4.99 Å². The highest BCUT2D eigenvalue weighted by Gasteiger charge is 2.38. The van der Waals surface area contributed by atoms with E-state index >= 15 is 0 Å². The molecular weight excluding hydrogens is 302 g/mol. The number of benzene rings is 1. The highest BCUT2D eigenvalue weighted by atomic mass is 35.5. The minimum atomic E-state index is 0.400. The van der Waals surface area contributed by atoms with Crippen molar-refractivity contribution in [2.75, 3.05) is 6.54 Å². The second-order valence-electron chi connectivity index (χ2n) is 5.24. The second kappa shape index (κ2) is 6.50. The van der Waals surface area contributed by atoms with E-state index in [0.29, 0.717) is 17.9 Å². The highest BCUT2D eigenvalue weighted by Crippen LogP contribution is 2.40. The average molecular weight is 320 g/mol. The molecule has 110 valence electrons. The third kappa shape index (κ3) is 3.99. The van der Waals surface area contributed by atoms with Crippen LogP contribution in [-0.4, -0.2) is 18.5 Å². The summed E-state index contributed by atoms with van der Waals surface area (Å²) >= 11 is 7.66. The van der Waals surface area contributed by atoms with E-state index in [1.165, 1.54) is 10.4 Å². The van der Waals surface area contributed by atoms with Crippen molar-refractivity contribution in [3.63, 3.8) is 0 Å². The standard InChI is InChI=1S/C16H18ClN3S/c17-12-5-3-11(4-6-12)14-10-15(14)20-16(18)19-8-7-13-2-1-9-21-13/h1-6,9,14-15H,7-8,10H2,(H3,18,19,20)/t14-,15+/m0/s1. The Morgan fingerprint density at radius 1 is 1.33 bits per heavy atom. The van der Waals surface area contributed by atoms with Crippen LogP contribution < -0.4 is 11.1 Å². The number of nitrogens with two attached hydrogens (primary N) is 1. The number of guanidine groups is 1. The number of thiophene rings is 1. The lowest BCUT2D eigenvalue weighted by molar-refractivity contribution is 0.844. The van der Waals surface area contributed by atoms with E-state index in [2.05, 4.69) is 40.0 Å². The van der Waals surface area contributed by atoms with Crippen LogP contribution in [0.5, 0.6) is 0 Å². The van der Waals surface area contributed by atoms with Crippen molar-refractivity contribution in [3.8, 4) is 0 Å². The molecule has 0 spiro atoms. The fourth-order valence-corrected chi connectivity index (χ4v) is 3.23. The van der Waals surface area contributed by atoms with Crippen LogP contribution in [0.25, 0.3) is 0 Å². The van der Waals surface area contributed by atoms with Crippen LogP contribution in [0.4, 0.5) is 0 Å². The van der Waals surface area contributed by atoms with Crippen LogP contribution in [0.2, 0.25) is 5.02 Å². The first kappa shape index (κ1) is 14.4. The molecule has 5 heteroatoms. The Morgan fingerprint density at radius 2 is 2.14 bits per heavy atom. The number of aliphatic imine (C=N–C) groups is 1. The summed E-state index contributed by atoms with van der Waals surface area (Å²) in [5, 5.41) is 6.16. The molecule has 1 fully saturated rings. The number of hydrogen-bond acceptors (Lipinski definition) is 2. The maximum absolute atomic E-state index is 5.94. The van der Waals surface area contributed by atoms with Crippen molar-refractivity contribution in [2.45, 2.75) is 24.8 Å². The smallest absolute Gasteiger partial charge is 0.188 e. The van der Waals surface area contributed by atoms with E-state index in [4.69, 9.17) is 17.3 Å². The molecule has 1 heterocycles. The van der Waals surface area contributed by atoms with E-state index in [-0.39, 0.29) is 0 Å². The lowest BCUT2D eigenvalue weighted by Gasteiger charge is -2.05. The van der Waals surface area contributed by atoms with Crippen molar-refractivity contribution in [2.24, 2.45) is 10.7 Å². The summed E-state index contributed by atoms with van der Waals surface area (Å²) in [7, 11) is 0. The van der Waals surface area contributed by atoms with Gasteiger partial charge < -0.3 is 11.1 Å². The zero-order valence-electron chi connectivity index (χ0n) is 11.6. The average Bonchev–Trinajstić information content (AvgIpc) is 3.02. The Kier molecular flexibility index (Phi) is 4.46. The summed E-state index contributed by atoms with van der Waals surface area (Å²) in [4.78, 5) is 5.73. The van der Waals surface area contributed by atoms with Gasteiger partial charge in [-0.15, -0.1) is 11.3 Å². The number of nitrogens with one attached hydrogen (secondary N) is 1. The van der Waals surface area contributed by atoms with Gasteiger partial charge in [-0.25, -0.2) is 0 Å². The van der Waals surface area contributed by atoms with Gasteiger partial charge in [-0.1, -0.05) is 29.8 Å². The van der Waals surface area contributed by atoms with Crippen molar-refractivity contribution >= 4 is 28.9 Å². The third-order valence-electron chi connectivity index (χ3n) is 3.64. The summed E-state index contributed by atoms with van der Waals surface area (Å²) in [6.07, 6.45) is 2.05. The van der Waals surface area contributed by atoms with Crippen LogP contribution >= 0.6 is 22.9 Å². The second-order valence-corrected chi connectivity index (χ2v) is 6.71. The van der Waals surface area contributed by atoms with Crippen molar-refractivity contribution < 1.29 is 0 Å². The molecule has 0 radical (unpaired) electrons. The molecule has 0 aliphatic heterocycles.